The van der Waals surface area contributed by atoms with E-state index >= 15 is 0 Å². The van der Waals surface area contributed by atoms with E-state index < -0.39 is 4.36 Å². The van der Waals surface area contributed by atoms with Crippen molar-refractivity contribution in [3.63, 3.8) is 0 Å². The van der Waals surface area contributed by atoms with Gasteiger partial charge >= 0.3 is 65.3 Å². The quantitative estimate of drug-likeness (QED) is 0.424. The van der Waals surface area contributed by atoms with Gasteiger partial charge in [-0.1, -0.05) is 0 Å². The molecule has 4 heteroatoms. The summed E-state index contributed by atoms with van der Waals surface area (Å²) >= 11 is 14.8. The van der Waals surface area contributed by atoms with Crippen LogP contribution in [0.4, 0.5) is 0 Å². The van der Waals surface area contributed by atoms with E-state index in [1.54, 1.807) is 0 Å². The van der Waals surface area contributed by atoms with E-state index in [-0.39, 0.29) is 0 Å². The average Bonchev–Trinajstić information content (AvgIpc) is 1.81. The molecule has 1 aliphatic heterocycles. The molecule has 0 spiro atoms. The molecule has 0 aliphatic carbocycles. The van der Waals surface area contributed by atoms with E-state index in [0.29, 0.717) is 0 Å². The Balaban J connectivity index is 2.67. The Hall–Kier alpha value is 1.42. The van der Waals surface area contributed by atoms with Gasteiger partial charge in [0.1, 0.15) is 0 Å². The van der Waals surface area contributed by atoms with E-state index in [9.17, 15) is 0 Å². The molecule has 0 aromatic heterocycles. The zero-order chi connectivity index (χ0) is 6.28. The minimum absolute atomic E-state index is 1.04. The van der Waals surface area contributed by atoms with E-state index in [4.69, 9.17) is 11.2 Å². The Labute approximate surface area is 65.4 Å². The van der Waals surface area contributed by atoms with Gasteiger partial charge in [0, 0.05) is 0 Å². The summed E-state index contributed by atoms with van der Waals surface area (Å²) in [5.41, 5.74) is 0. The number of rotatable bonds is 0. The van der Waals surface area contributed by atoms with Crippen LogP contribution in [0.3, 0.4) is 0 Å². The van der Waals surface area contributed by atoms with Crippen molar-refractivity contribution in [3.05, 3.63) is 0 Å². The van der Waals surface area contributed by atoms with Crippen LogP contribution >= 0.6 is 40.1 Å². The SMILES string of the molecule is SP1(S)(Cl)CCCC1. The molecule has 0 nitrogen and oxygen atoms in total. The summed E-state index contributed by atoms with van der Waals surface area (Å²) in [6, 6.07) is 0. The summed E-state index contributed by atoms with van der Waals surface area (Å²) in [5, 5.41) is 0. The fourth-order valence-electron chi connectivity index (χ4n) is 0.961. The summed E-state index contributed by atoms with van der Waals surface area (Å²) in [4.78, 5) is 0. The van der Waals surface area contributed by atoms with Crippen LogP contribution < -0.4 is 0 Å². The van der Waals surface area contributed by atoms with Crippen LogP contribution in [-0.4, -0.2) is 12.3 Å². The molecule has 1 fully saturated rings. The molecule has 0 saturated carbocycles. The molecule has 1 aliphatic rings. The van der Waals surface area contributed by atoms with Gasteiger partial charge in [-0.05, 0) is 0 Å². The van der Waals surface area contributed by atoms with Gasteiger partial charge in [-0.15, -0.1) is 0 Å². The third-order valence-electron chi connectivity index (χ3n) is 1.45. The van der Waals surface area contributed by atoms with E-state index in [1.165, 1.54) is 12.8 Å². The second-order valence-electron chi connectivity index (χ2n) is 2.42. The van der Waals surface area contributed by atoms with E-state index in [2.05, 4.69) is 24.5 Å². The molecule has 0 aromatic rings. The van der Waals surface area contributed by atoms with Gasteiger partial charge in [0.2, 0.25) is 0 Å². The molecule has 0 amide bonds. The fourth-order valence-corrected chi connectivity index (χ4v) is 5.30. The second kappa shape index (κ2) is 1.95. The van der Waals surface area contributed by atoms with Crippen LogP contribution in [-0.2, 0) is 0 Å². The molecular weight excluding hydrogens is 179 g/mol. The summed E-state index contributed by atoms with van der Waals surface area (Å²) in [6.07, 6.45) is 4.52. The number of hydrogen-bond donors (Lipinski definition) is 2. The van der Waals surface area contributed by atoms with Gasteiger partial charge in [-0.3, -0.25) is 0 Å². The van der Waals surface area contributed by atoms with Crippen molar-refractivity contribution in [1.82, 2.24) is 0 Å². The molecular formula is C4H10ClPS2. The Kier molecular flexibility index (Phi) is 1.83. The van der Waals surface area contributed by atoms with Crippen LogP contribution in [0.1, 0.15) is 12.8 Å². The third kappa shape index (κ3) is 1.98. The van der Waals surface area contributed by atoms with Crippen molar-refractivity contribution >= 4 is 40.1 Å². The minimum atomic E-state index is -2.13. The van der Waals surface area contributed by atoms with E-state index in [1.807, 2.05) is 0 Å². The van der Waals surface area contributed by atoms with Crippen molar-refractivity contribution < 1.29 is 0 Å². The number of thiol groups is 2. The molecule has 1 rings (SSSR count). The Bertz CT molecular complexity index is 96.3. The van der Waals surface area contributed by atoms with Crippen LogP contribution in [0.5, 0.6) is 0 Å². The molecule has 1 heterocycles. The first-order valence-electron chi connectivity index (χ1n) is 2.70. The summed E-state index contributed by atoms with van der Waals surface area (Å²) < 4.78 is -2.13. The van der Waals surface area contributed by atoms with Crippen molar-refractivity contribution in [2.75, 3.05) is 12.3 Å². The molecule has 0 radical (unpaired) electrons. The van der Waals surface area contributed by atoms with Gasteiger partial charge < -0.3 is 0 Å². The Morgan fingerprint density at radius 3 is 1.62 bits per heavy atom. The summed E-state index contributed by atoms with van der Waals surface area (Å²) in [5.74, 6) is 0. The first-order chi connectivity index (χ1) is 3.47. The molecule has 50 valence electrons. The third-order valence-corrected chi connectivity index (χ3v) is 7.27. The monoisotopic (exact) mass is 188 g/mol. The van der Waals surface area contributed by atoms with Crippen LogP contribution in [0.2, 0.25) is 0 Å². The number of hydrogen-bond acceptors (Lipinski definition) is 2. The fraction of sp³-hybridized carbons (Fsp3) is 1.00. The zero-order valence-electron chi connectivity index (χ0n) is 4.55. The standard InChI is InChI=1S/C4H10ClPS2/c5-6(7,8)3-1-2-4-6/h7-8H,1-4H2. The Morgan fingerprint density at radius 1 is 1.12 bits per heavy atom. The number of halogens is 1. The van der Waals surface area contributed by atoms with Crippen LogP contribution in [0, 0.1) is 0 Å². The van der Waals surface area contributed by atoms with Crippen LogP contribution in [0.15, 0.2) is 0 Å². The molecule has 0 atom stereocenters. The van der Waals surface area contributed by atoms with Gasteiger partial charge in [0.05, 0.1) is 0 Å². The topological polar surface area (TPSA) is 0 Å². The van der Waals surface area contributed by atoms with Gasteiger partial charge in [-0.25, -0.2) is 0 Å². The van der Waals surface area contributed by atoms with Gasteiger partial charge in [0.25, 0.3) is 0 Å². The first kappa shape index (κ1) is 7.53. The van der Waals surface area contributed by atoms with Gasteiger partial charge in [-0.2, -0.15) is 0 Å². The molecule has 8 heavy (non-hydrogen) atoms. The normalized spacial score (nSPS) is 38.1. The van der Waals surface area contributed by atoms with Crippen LogP contribution in [0.25, 0.3) is 0 Å². The summed E-state index contributed by atoms with van der Waals surface area (Å²) in [7, 11) is 0. The maximum atomic E-state index is 6.08. The van der Waals surface area contributed by atoms with Crippen molar-refractivity contribution in [3.8, 4) is 0 Å². The predicted molar refractivity (Wildman–Crippen MR) is 49.7 cm³/mol. The maximum absolute atomic E-state index is 6.08. The van der Waals surface area contributed by atoms with Gasteiger partial charge in [0.15, 0.2) is 0 Å². The van der Waals surface area contributed by atoms with E-state index in [0.717, 1.165) is 12.3 Å². The second-order valence-corrected chi connectivity index (χ2v) is 16.5. The zero-order valence-corrected chi connectivity index (χ0v) is 7.99. The first-order valence-corrected chi connectivity index (χ1v) is 8.52. The molecule has 0 bridgehead atoms. The Morgan fingerprint density at radius 2 is 1.50 bits per heavy atom. The average molecular weight is 189 g/mol. The molecule has 0 N–H and O–H groups in total. The predicted octanol–water partition coefficient (Wildman–Crippen LogP) is 3.18. The summed E-state index contributed by atoms with van der Waals surface area (Å²) in [6.45, 7) is 0. The van der Waals surface area contributed by atoms with Crippen molar-refractivity contribution in [2.24, 2.45) is 0 Å². The molecule has 0 unspecified atom stereocenters. The van der Waals surface area contributed by atoms with Crippen molar-refractivity contribution in [1.29, 1.82) is 0 Å². The van der Waals surface area contributed by atoms with Crippen molar-refractivity contribution in [2.45, 2.75) is 12.8 Å². The molecule has 0 aromatic carbocycles. The molecule has 1 saturated heterocycles.